The van der Waals surface area contributed by atoms with Crippen molar-refractivity contribution >= 4 is 5.84 Å². The summed E-state index contributed by atoms with van der Waals surface area (Å²) < 4.78 is 37.3. The number of likely N-dealkylation sites (N-methyl/N-ethyl adjacent to an activating group) is 1. The van der Waals surface area contributed by atoms with E-state index in [1.165, 1.54) is 4.90 Å². The molecular weight excluding hydrogens is 255 g/mol. The quantitative estimate of drug-likeness (QED) is 0.618. The molecule has 3 nitrogen and oxygen atoms in total. The highest BCUT2D eigenvalue weighted by atomic mass is 19.4. The standard InChI is InChI=1S/C13H18F3N3/c1-2-19(9-13(14,15)16)8-11(12(17)18)10-6-4-3-5-7-10/h3-7,11H,2,8-9H2,1H3,(H3,17,18). The first-order chi connectivity index (χ1) is 8.83. The van der Waals surface area contributed by atoms with Crippen molar-refractivity contribution in [3.63, 3.8) is 0 Å². The van der Waals surface area contributed by atoms with E-state index < -0.39 is 18.6 Å². The fourth-order valence-electron chi connectivity index (χ4n) is 1.89. The summed E-state index contributed by atoms with van der Waals surface area (Å²) in [7, 11) is 0. The Bertz CT molecular complexity index is 403. The van der Waals surface area contributed by atoms with Crippen LogP contribution >= 0.6 is 0 Å². The lowest BCUT2D eigenvalue weighted by molar-refractivity contribution is -0.145. The zero-order chi connectivity index (χ0) is 14.5. The van der Waals surface area contributed by atoms with Crippen LogP contribution in [0.1, 0.15) is 18.4 Å². The predicted octanol–water partition coefficient (Wildman–Crippen LogP) is 2.59. The van der Waals surface area contributed by atoms with Gasteiger partial charge in [-0.15, -0.1) is 0 Å². The Labute approximate surface area is 110 Å². The third-order valence-electron chi connectivity index (χ3n) is 2.87. The minimum atomic E-state index is -4.24. The van der Waals surface area contributed by atoms with Gasteiger partial charge in [-0.05, 0) is 12.1 Å². The van der Waals surface area contributed by atoms with E-state index in [9.17, 15) is 13.2 Å². The second-order valence-corrected chi connectivity index (χ2v) is 4.36. The fraction of sp³-hybridized carbons (Fsp3) is 0.462. The Kier molecular flexibility index (Phi) is 5.35. The van der Waals surface area contributed by atoms with Crippen molar-refractivity contribution in [3.8, 4) is 0 Å². The smallest absolute Gasteiger partial charge is 0.387 e. The first-order valence-electron chi connectivity index (χ1n) is 6.01. The van der Waals surface area contributed by atoms with Gasteiger partial charge in [0, 0.05) is 6.54 Å². The molecule has 0 aliphatic carbocycles. The van der Waals surface area contributed by atoms with Crippen molar-refractivity contribution in [2.24, 2.45) is 5.73 Å². The molecule has 0 aromatic heterocycles. The van der Waals surface area contributed by atoms with Gasteiger partial charge in [-0.25, -0.2) is 0 Å². The molecule has 0 fully saturated rings. The number of nitrogens with two attached hydrogens (primary N) is 1. The molecule has 6 heteroatoms. The number of nitrogens with zero attached hydrogens (tertiary/aromatic N) is 1. The van der Waals surface area contributed by atoms with Crippen LogP contribution in [0.15, 0.2) is 30.3 Å². The van der Waals surface area contributed by atoms with E-state index in [4.69, 9.17) is 11.1 Å². The van der Waals surface area contributed by atoms with Gasteiger partial charge in [0.05, 0.1) is 18.3 Å². The summed E-state index contributed by atoms with van der Waals surface area (Å²) in [4.78, 5) is 1.25. The topological polar surface area (TPSA) is 53.1 Å². The largest absolute Gasteiger partial charge is 0.401 e. The first-order valence-corrected chi connectivity index (χ1v) is 6.01. The number of hydrogen-bond donors (Lipinski definition) is 2. The van der Waals surface area contributed by atoms with E-state index in [0.717, 1.165) is 5.56 Å². The Morgan fingerprint density at radius 3 is 2.32 bits per heavy atom. The molecule has 0 heterocycles. The molecule has 0 radical (unpaired) electrons. The average molecular weight is 273 g/mol. The molecule has 3 N–H and O–H groups in total. The van der Waals surface area contributed by atoms with Crippen LogP contribution in [0.4, 0.5) is 13.2 Å². The Hall–Kier alpha value is -1.56. The highest BCUT2D eigenvalue weighted by Crippen LogP contribution is 2.21. The zero-order valence-electron chi connectivity index (χ0n) is 10.7. The van der Waals surface area contributed by atoms with Crippen LogP contribution in [0.25, 0.3) is 0 Å². The van der Waals surface area contributed by atoms with E-state index >= 15 is 0 Å². The highest BCUT2D eigenvalue weighted by molar-refractivity contribution is 5.84. The zero-order valence-corrected chi connectivity index (χ0v) is 10.7. The molecule has 1 atom stereocenters. The number of amidine groups is 1. The minimum Gasteiger partial charge on any atom is -0.387 e. The van der Waals surface area contributed by atoms with Gasteiger partial charge in [0.25, 0.3) is 0 Å². The molecular formula is C13H18F3N3. The predicted molar refractivity (Wildman–Crippen MR) is 69.3 cm³/mol. The van der Waals surface area contributed by atoms with Crippen LogP contribution in [-0.4, -0.2) is 36.5 Å². The molecule has 0 saturated heterocycles. The molecule has 0 aliphatic heterocycles. The van der Waals surface area contributed by atoms with Crippen molar-refractivity contribution in [1.29, 1.82) is 5.41 Å². The van der Waals surface area contributed by atoms with Gasteiger partial charge in [-0.2, -0.15) is 13.2 Å². The monoisotopic (exact) mass is 273 g/mol. The maximum atomic E-state index is 12.4. The second kappa shape index (κ2) is 6.56. The van der Waals surface area contributed by atoms with Crippen molar-refractivity contribution in [2.45, 2.75) is 19.0 Å². The molecule has 0 amide bonds. The molecule has 19 heavy (non-hydrogen) atoms. The number of hydrogen-bond acceptors (Lipinski definition) is 2. The molecule has 106 valence electrons. The van der Waals surface area contributed by atoms with Gasteiger partial charge in [-0.3, -0.25) is 10.3 Å². The summed E-state index contributed by atoms with van der Waals surface area (Å²) in [6.07, 6.45) is -4.24. The number of nitrogens with one attached hydrogen (secondary N) is 1. The molecule has 1 aromatic carbocycles. The van der Waals surface area contributed by atoms with Crippen molar-refractivity contribution in [3.05, 3.63) is 35.9 Å². The van der Waals surface area contributed by atoms with Gasteiger partial charge in [0.15, 0.2) is 0 Å². The van der Waals surface area contributed by atoms with E-state index in [0.29, 0.717) is 0 Å². The fourth-order valence-corrected chi connectivity index (χ4v) is 1.89. The molecule has 1 unspecified atom stereocenters. The van der Waals surface area contributed by atoms with Crippen LogP contribution in [0.5, 0.6) is 0 Å². The van der Waals surface area contributed by atoms with E-state index in [1.54, 1.807) is 31.2 Å². The van der Waals surface area contributed by atoms with Gasteiger partial charge in [0.2, 0.25) is 0 Å². The third-order valence-corrected chi connectivity index (χ3v) is 2.87. The Balaban J connectivity index is 2.81. The third kappa shape index (κ3) is 5.30. The Morgan fingerprint density at radius 1 is 1.32 bits per heavy atom. The number of benzene rings is 1. The van der Waals surface area contributed by atoms with Crippen molar-refractivity contribution in [2.75, 3.05) is 19.6 Å². The van der Waals surface area contributed by atoms with Gasteiger partial charge in [0.1, 0.15) is 0 Å². The maximum Gasteiger partial charge on any atom is 0.401 e. The average Bonchev–Trinajstić information content (AvgIpc) is 2.33. The molecule has 0 spiro atoms. The lowest BCUT2D eigenvalue weighted by atomic mass is 9.97. The molecule has 0 saturated carbocycles. The van der Waals surface area contributed by atoms with Crippen molar-refractivity contribution < 1.29 is 13.2 Å². The lowest BCUT2D eigenvalue weighted by Gasteiger charge is -2.26. The summed E-state index contributed by atoms with van der Waals surface area (Å²) in [6, 6.07) is 8.92. The van der Waals surface area contributed by atoms with Gasteiger partial charge < -0.3 is 5.73 Å². The summed E-state index contributed by atoms with van der Waals surface area (Å²) in [6.45, 7) is 1.03. The minimum absolute atomic E-state index is 0.0926. The molecule has 0 aliphatic rings. The highest BCUT2D eigenvalue weighted by Gasteiger charge is 2.31. The normalized spacial score (nSPS) is 13.5. The molecule has 1 aromatic rings. The first kappa shape index (κ1) is 15.5. The summed E-state index contributed by atoms with van der Waals surface area (Å²) >= 11 is 0. The number of alkyl halides is 3. The van der Waals surface area contributed by atoms with Crippen LogP contribution in [-0.2, 0) is 0 Å². The number of rotatable bonds is 6. The molecule has 0 bridgehead atoms. The summed E-state index contributed by atoms with van der Waals surface area (Å²) in [5.74, 6) is -0.629. The lowest BCUT2D eigenvalue weighted by Crippen LogP contribution is -2.39. The summed E-state index contributed by atoms with van der Waals surface area (Å²) in [5, 5.41) is 7.56. The van der Waals surface area contributed by atoms with E-state index in [2.05, 4.69) is 0 Å². The van der Waals surface area contributed by atoms with Gasteiger partial charge in [-0.1, -0.05) is 37.3 Å². The SMILES string of the molecule is CCN(CC(C(=N)N)c1ccccc1)CC(F)(F)F. The molecule has 1 rings (SSSR count). The number of halogens is 3. The van der Waals surface area contributed by atoms with Crippen LogP contribution in [0, 0.1) is 5.41 Å². The maximum absolute atomic E-state index is 12.4. The second-order valence-electron chi connectivity index (χ2n) is 4.36. The Morgan fingerprint density at radius 2 is 1.89 bits per heavy atom. The van der Waals surface area contributed by atoms with Crippen molar-refractivity contribution in [1.82, 2.24) is 4.90 Å². The van der Waals surface area contributed by atoms with Crippen LogP contribution < -0.4 is 5.73 Å². The van der Waals surface area contributed by atoms with Crippen LogP contribution in [0.2, 0.25) is 0 Å². The van der Waals surface area contributed by atoms with E-state index in [1.807, 2.05) is 6.07 Å². The van der Waals surface area contributed by atoms with Gasteiger partial charge >= 0.3 is 6.18 Å². The van der Waals surface area contributed by atoms with E-state index in [-0.39, 0.29) is 18.9 Å². The summed E-state index contributed by atoms with van der Waals surface area (Å²) in [5.41, 5.74) is 6.27. The van der Waals surface area contributed by atoms with Crippen LogP contribution in [0.3, 0.4) is 0 Å².